The van der Waals surface area contributed by atoms with E-state index in [9.17, 15) is 4.79 Å². The van der Waals surface area contributed by atoms with Gasteiger partial charge in [0.1, 0.15) is 5.82 Å². The first kappa shape index (κ1) is 19.4. The van der Waals surface area contributed by atoms with Crippen molar-refractivity contribution in [3.8, 4) is 0 Å². The van der Waals surface area contributed by atoms with E-state index in [1.54, 1.807) is 29.3 Å². The molecule has 1 aliphatic heterocycles. The Balaban J connectivity index is 1.67. The van der Waals surface area contributed by atoms with E-state index < -0.39 is 0 Å². The van der Waals surface area contributed by atoms with E-state index in [2.05, 4.69) is 32.1 Å². The molecule has 0 aliphatic carbocycles. The number of carbonyl (C=O) groups excluding carboxylic acids is 1. The number of amides is 1. The standard InChI is InChI=1S/C22H23N7O/c1-3-5-8-14(4-2)21(30)29-13-16(11-15-9-6-7-10-18(15)29)25-19-17-12-24-28-20(17)27-22(23)26-19/h3-10,12,16H,1,11,13H2,2H3,(H4,23,24,25,26,27,28)/b8-5-,14-4+. The van der Waals surface area contributed by atoms with E-state index in [1.807, 2.05) is 37.3 Å². The normalized spacial score (nSPS) is 16.6. The van der Waals surface area contributed by atoms with Gasteiger partial charge in [-0.25, -0.2) is 0 Å². The van der Waals surface area contributed by atoms with Crippen molar-refractivity contribution in [2.24, 2.45) is 0 Å². The van der Waals surface area contributed by atoms with Gasteiger partial charge in [-0.2, -0.15) is 15.1 Å². The summed E-state index contributed by atoms with van der Waals surface area (Å²) in [4.78, 5) is 23.6. The SMILES string of the molecule is C=C/C=C\C(=C/C)C(=O)N1CC(Nc2nc(N)nc3[nH]ncc23)Cc2ccccc21. The van der Waals surface area contributed by atoms with Gasteiger partial charge in [0, 0.05) is 23.8 Å². The highest BCUT2D eigenvalue weighted by Crippen LogP contribution is 2.30. The maximum Gasteiger partial charge on any atom is 0.258 e. The number of nitrogens with zero attached hydrogens (tertiary/aromatic N) is 4. The van der Waals surface area contributed by atoms with Crippen LogP contribution in [0.3, 0.4) is 0 Å². The zero-order valence-electron chi connectivity index (χ0n) is 16.7. The lowest BCUT2D eigenvalue weighted by Gasteiger charge is -2.35. The second-order valence-electron chi connectivity index (χ2n) is 6.99. The Bertz CT molecular complexity index is 1160. The molecule has 8 heteroatoms. The average Bonchev–Trinajstić information content (AvgIpc) is 3.22. The van der Waals surface area contributed by atoms with Crippen LogP contribution in [-0.4, -0.2) is 38.7 Å². The van der Waals surface area contributed by atoms with Crippen LogP contribution in [0.4, 0.5) is 17.5 Å². The molecule has 4 N–H and O–H groups in total. The summed E-state index contributed by atoms with van der Waals surface area (Å²) in [6.07, 6.45) is 9.40. The Morgan fingerprint density at radius 1 is 1.37 bits per heavy atom. The third-order valence-corrected chi connectivity index (χ3v) is 5.03. The van der Waals surface area contributed by atoms with Crippen molar-refractivity contribution in [1.82, 2.24) is 20.2 Å². The number of nitrogen functional groups attached to an aromatic ring is 1. The molecule has 152 valence electrons. The predicted molar refractivity (Wildman–Crippen MR) is 119 cm³/mol. The van der Waals surface area contributed by atoms with Gasteiger partial charge in [0.05, 0.1) is 11.6 Å². The Labute approximate surface area is 174 Å². The molecule has 3 aromatic rings. The highest BCUT2D eigenvalue weighted by atomic mass is 16.2. The Hall–Kier alpha value is -3.94. The third-order valence-electron chi connectivity index (χ3n) is 5.03. The molecule has 2 aromatic heterocycles. The van der Waals surface area contributed by atoms with Crippen molar-refractivity contribution in [2.75, 3.05) is 22.5 Å². The molecule has 0 bridgehead atoms. The molecule has 0 saturated heterocycles. The second-order valence-corrected chi connectivity index (χ2v) is 6.99. The fraction of sp³-hybridized carbons (Fsp3) is 0.182. The number of fused-ring (bicyclic) bond motifs is 2. The zero-order valence-corrected chi connectivity index (χ0v) is 16.7. The zero-order chi connectivity index (χ0) is 21.1. The lowest BCUT2D eigenvalue weighted by molar-refractivity contribution is -0.115. The summed E-state index contributed by atoms with van der Waals surface area (Å²) in [5.74, 6) is 0.690. The largest absolute Gasteiger partial charge is 0.368 e. The molecule has 30 heavy (non-hydrogen) atoms. The second kappa shape index (κ2) is 8.20. The predicted octanol–water partition coefficient (Wildman–Crippen LogP) is 2.99. The molecule has 1 aromatic carbocycles. The number of H-pyrrole nitrogens is 1. The number of hydrogen-bond acceptors (Lipinski definition) is 6. The molecule has 0 spiro atoms. The number of hydrogen-bond donors (Lipinski definition) is 3. The average molecular weight is 401 g/mol. The highest BCUT2D eigenvalue weighted by molar-refractivity contribution is 6.08. The monoisotopic (exact) mass is 401 g/mol. The number of allylic oxidation sites excluding steroid dienone is 3. The third kappa shape index (κ3) is 3.67. The van der Waals surface area contributed by atoms with E-state index in [-0.39, 0.29) is 17.9 Å². The number of aromatic nitrogens is 4. The molecule has 3 heterocycles. The molecule has 0 saturated carbocycles. The van der Waals surface area contributed by atoms with Gasteiger partial charge < -0.3 is 16.0 Å². The van der Waals surface area contributed by atoms with Gasteiger partial charge in [0.2, 0.25) is 5.95 Å². The van der Waals surface area contributed by atoms with E-state index in [1.165, 1.54) is 0 Å². The van der Waals surface area contributed by atoms with E-state index >= 15 is 0 Å². The van der Waals surface area contributed by atoms with Crippen LogP contribution in [-0.2, 0) is 11.2 Å². The molecular formula is C22H23N7O. The van der Waals surface area contributed by atoms with Crippen LogP contribution >= 0.6 is 0 Å². The number of aromatic amines is 1. The number of nitrogens with two attached hydrogens (primary N) is 1. The molecule has 8 nitrogen and oxygen atoms in total. The summed E-state index contributed by atoms with van der Waals surface area (Å²) in [6, 6.07) is 7.89. The van der Waals surface area contributed by atoms with Gasteiger partial charge >= 0.3 is 0 Å². The number of benzene rings is 1. The molecular weight excluding hydrogens is 378 g/mol. The minimum Gasteiger partial charge on any atom is -0.368 e. The van der Waals surface area contributed by atoms with E-state index in [0.29, 0.717) is 23.6 Å². The van der Waals surface area contributed by atoms with Crippen LogP contribution in [0.25, 0.3) is 11.0 Å². The van der Waals surface area contributed by atoms with Gasteiger partial charge in [-0.15, -0.1) is 0 Å². The first-order valence-electron chi connectivity index (χ1n) is 9.69. The molecule has 1 aliphatic rings. The maximum absolute atomic E-state index is 13.3. The number of anilines is 3. The molecule has 1 amide bonds. The van der Waals surface area contributed by atoms with Gasteiger partial charge in [0.15, 0.2) is 5.65 Å². The first-order chi connectivity index (χ1) is 14.6. The Kier molecular flexibility index (Phi) is 5.30. The minimum absolute atomic E-state index is 0.0576. The lowest BCUT2D eigenvalue weighted by Crippen LogP contribution is -2.46. The smallest absolute Gasteiger partial charge is 0.258 e. The number of para-hydroxylation sites is 1. The molecule has 0 radical (unpaired) electrons. The van der Waals surface area contributed by atoms with Crippen LogP contribution in [0.15, 0.2) is 66.9 Å². The first-order valence-corrected chi connectivity index (χ1v) is 9.69. The Morgan fingerprint density at radius 2 is 2.20 bits per heavy atom. The summed E-state index contributed by atoms with van der Waals surface area (Å²) in [7, 11) is 0. The number of rotatable bonds is 5. The van der Waals surface area contributed by atoms with Gasteiger partial charge in [-0.05, 0) is 31.1 Å². The van der Waals surface area contributed by atoms with Crippen molar-refractivity contribution in [1.29, 1.82) is 0 Å². The lowest BCUT2D eigenvalue weighted by atomic mass is 9.96. The summed E-state index contributed by atoms with van der Waals surface area (Å²) in [5.41, 5.74) is 9.03. The van der Waals surface area contributed by atoms with E-state index in [4.69, 9.17) is 5.73 Å². The van der Waals surface area contributed by atoms with Crippen molar-refractivity contribution < 1.29 is 4.79 Å². The summed E-state index contributed by atoms with van der Waals surface area (Å²) in [5, 5.41) is 11.0. The van der Waals surface area contributed by atoms with Crippen molar-refractivity contribution >= 4 is 34.4 Å². The number of nitrogens with one attached hydrogen (secondary N) is 2. The quantitative estimate of drug-likeness (QED) is 0.447. The van der Waals surface area contributed by atoms with Crippen molar-refractivity contribution in [2.45, 2.75) is 19.4 Å². The molecule has 0 fully saturated rings. The van der Waals surface area contributed by atoms with Crippen LogP contribution in [0, 0.1) is 0 Å². The Morgan fingerprint density at radius 3 is 3.00 bits per heavy atom. The molecule has 1 atom stereocenters. The van der Waals surface area contributed by atoms with Gasteiger partial charge in [-0.1, -0.05) is 43.0 Å². The van der Waals surface area contributed by atoms with Crippen LogP contribution in [0.1, 0.15) is 12.5 Å². The summed E-state index contributed by atoms with van der Waals surface area (Å²) >= 11 is 0. The number of carbonyl (C=O) groups is 1. The van der Waals surface area contributed by atoms with Crippen molar-refractivity contribution in [3.63, 3.8) is 0 Å². The summed E-state index contributed by atoms with van der Waals surface area (Å²) in [6.45, 7) is 6.02. The van der Waals surface area contributed by atoms with Gasteiger partial charge in [-0.3, -0.25) is 9.89 Å². The fourth-order valence-corrected chi connectivity index (χ4v) is 3.66. The molecule has 1 unspecified atom stereocenters. The molecule has 4 rings (SSSR count). The van der Waals surface area contributed by atoms with Crippen molar-refractivity contribution in [3.05, 3.63) is 72.5 Å². The maximum atomic E-state index is 13.3. The van der Waals surface area contributed by atoms with Crippen LogP contribution < -0.4 is 16.0 Å². The topological polar surface area (TPSA) is 113 Å². The van der Waals surface area contributed by atoms with Crippen LogP contribution in [0.2, 0.25) is 0 Å². The van der Waals surface area contributed by atoms with E-state index in [0.717, 1.165) is 23.1 Å². The van der Waals surface area contributed by atoms with Crippen LogP contribution in [0.5, 0.6) is 0 Å². The summed E-state index contributed by atoms with van der Waals surface area (Å²) < 4.78 is 0. The highest BCUT2D eigenvalue weighted by Gasteiger charge is 2.29. The minimum atomic E-state index is -0.0646. The fourth-order valence-electron chi connectivity index (χ4n) is 3.66. The van der Waals surface area contributed by atoms with Gasteiger partial charge in [0.25, 0.3) is 5.91 Å².